The van der Waals surface area contributed by atoms with E-state index in [9.17, 15) is 9.59 Å². The first-order chi connectivity index (χ1) is 17.4. The van der Waals surface area contributed by atoms with Crippen LogP contribution in [0.1, 0.15) is 31.2 Å². The number of rotatable bonds is 4. The number of halogens is 1. The van der Waals surface area contributed by atoms with Gasteiger partial charge in [0.1, 0.15) is 23.2 Å². The minimum absolute atomic E-state index is 0.220. The summed E-state index contributed by atoms with van der Waals surface area (Å²) >= 11 is 7.35. The molecule has 2 aliphatic rings. The van der Waals surface area contributed by atoms with Crippen LogP contribution in [0, 0.1) is 5.92 Å². The van der Waals surface area contributed by atoms with E-state index in [0.29, 0.717) is 31.6 Å². The van der Waals surface area contributed by atoms with E-state index in [-0.39, 0.29) is 12.2 Å². The van der Waals surface area contributed by atoms with Crippen LogP contribution in [0.25, 0.3) is 17.4 Å². The van der Waals surface area contributed by atoms with Gasteiger partial charge in [0.15, 0.2) is 4.80 Å². The number of ether oxygens (including phenoxy) is 2. The topological polar surface area (TPSA) is 83.0 Å². The van der Waals surface area contributed by atoms with E-state index in [1.807, 2.05) is 48.5 Å². The molecule has 36 heavy (non-hydrogen) atoms. The third-order valence-electron chi connectivity index (χ3n) is 6.43. The maximum Gasteiger partial charge on any atom is 0.317 e. The summed E-state index contributed by atoms with van der Waals surface area (Å²) in [6.45, 7) is 3.73. The van der Waals surface area contributed by atoms with E-state index in [1.165, 1.54) is 11.3 Å². The Morgan fingerprint density at radius 2 is 2.06 bits per heavy atom. The van der Waals surface area contributed by atoms with E-state index in [2.05, 4.69) is 0 Å². The van der Waals surface area contributed by atoms with E-state index < -0.39 is 23.7 Å². The van der Waals surface area contributed by atoms with Gasteiger partial charge in [-0.05, 0) is 44.2 Å². The zero-order chi connectivity index (χ0) is 25.0. The number of carbonyl (C=O) groups excluding carboxylic acids is 1. The molecule has 3 atom stereocenters. The van der Waals surface area contributed by atoms with Gasteiger partial charge in [0.25, 0.3) is 5.56 Å². The number of hydrogen-bond acceptors (Lipinski definition) is 7. The second-order valence-corrected chi connectivity index (χ2v) is 10.2. The van der Waals surface area contributed by atoms with Crippen LogP contribution in [0.5, 0.6) is 5.75 Å². The number of carbonyl (C=O) groups is 1. The van der Waals surface area contributed by atoms with Crippen molar-refractivity contribution in [2.24, 2.45) is 10.9 Å². The molecule has 3 unspecified atom stereocenters. The normalized spacial score (nSPS) is 22.2. The molecular weight excluding hydrogens is 500 g/mol. The zero-order valence-electron chi connectivity index (χ0n) is 19.4. The number of fused-ring (bicyclic) bond motifs is 6. The first-order valence-electron chi connectivity index (χ1n) is 11.5. The van der Waals surface area contributed by atoms with Crippen molar-refractivity contribution in [3.63, 3.8) is 0 Å². The Hall–Kier alpha value is -3.62. The summed E-state index contributed by atoms with van der Waals surface area (Å²) < 4.78 is 19.6. The maximum atomic E-state index is 13.7. The van der Waals surface area contributed by atoms with Gasteiger partial charge in [0.2, 0.25) is 5.72 Å². The van der Waals surface area contributed by atoms with Crippen molar-refractivity contribution in [3.05, 3.63) is 96.7 Å². The summed E-state index contributed by atoms with van der Waals surface area (Å²) in [7, 11) is 0. The molecule has 7 nitrogen and oxygen atoms in total. The highest BCUT2D eigenvalue weighted by Crippen LogP contribution is 2.47. The van der Waals surface area contributed by atoms with Crippen LogP contribution < -0.4 is 19.6 Å². The van der Waals surface area contributed by atoms with Gasteiger partial charge < -0.3 is 13.9 Å². The highest BCUT2D eigenvalue weighted by Gasteiger charge is 2.55. The van der Waals surface area contributed by atoms with Gasteiger partial charge in [-0.15, -0.1) is 0 Å². The molecule has 0 aliphatic carbocycles. The lowest BCUT2D eigenvalue weighted by Crippen LogP contribution is -2.58. The molecule has 0 saturated carbocycles. The fourth-order valence-corrected chi connectivity index (χ4v) is 6.16. The van der Waals surface area contributed by atoms with Gasteiger partial charge in [0, 0.05) is 22.2 Å². The Morgan fingerprint density at radius 1 is 1.22 bits per heavy atom. The molecule has 4 heterocycles. The monoisotopic (exact) mass is 520 g/mol. The minimum atomic E-state index is -1.20. The number of furan rings is 1. The Labute approximate surface area is 214 Å². The van der Waals surface area contributed by atoms with Crippen molar-refractivity contribution in [1.29, 1.82) is 0 Å². The molecule has 0 spiro atoms. The number of esters is 1. The van der Waals surface area contributed by atoms with E-state index >= 15 is 0 Å². The molecule has 2 bridgehead atoms. The van der Waals surface area contributed by atoms with E-state index in [4.69, 9.17) is 30.5 Å². The molecular formula is C27H21ClN2O5S. The van der Waals surface area contributed by atoms with Crippen LogP contribution in [0.2, 0.25) is 5.02 Å². The largest absolute Gasteiger partial charge is 0.466 e. The van der Waals surface area contributed by atoms with E-state index in [1.54, 1.807) is 36.6 Å². The minimum Gasteiger partial charge on any atom is -0.466 e. The van der Waals surface area contributed by atoms with Crippen LogP contribution in [0.3, 0.4) is 0 Å². The Bertz CT molecular complexity index is 1690. The summed E-state index contributed by atoms with van der Waals surface area (Å²) in [5.74, 6) is 0.505. The number of benzene rings is 2. The molecule has 0 radical (unpaired) electrons. The molecule has 9 heteroatoms. The lowest BCUT2D eigenvalue weighted by molar-refractivity contribution is -0.160. The third kappa shape index (κ3) is 3.60. The highest BCUT2D eigenvalue weighted by atomic mass is 35.5. The first-order valence-corrected chi connectivity index (χ1v) is 12.7. The second-order valence-electron chi connectivity index (χ2n) is 8.76. The molecule has 4 aromatic rings. The van der Waals surface area contributed by atoms with Gasteiger partial charge in [-0.1, -0.05) is 53.3 Å². The number of para-hydroxylation sites is 1. The van der Waals surface area contributed by atoms with Crippen molar-refractivity contribution in [1.82, 2.24) is 4.57 Å². The average Bonchev–Trinajstić information content (AvgIpc) is 3.43. The summed E-state index contributed by atoms with van der Waals surface area (Å²) in [6, 6.07) is 17.8. The summed E-state index contributed by atoms with van der Waals surface area (Å²) in [5.41, 5.74) is 0.131. The number of aromatic nitrogens is 1. The number of hydrogen-bond donors (Lipinski definition) is 0. The van der Waals surface area contributed by atoms with Gasteiger partial charge in [-0.2, -0.15) is 0 Å². The second kappa shape index (κ2) is 8.50. The molecule has 2 aromatic carbocycles. The van der Waals surface area contributed by atoms with Crippen LogP contribution in [-0.4, -0.2) is 22.9 Å². The molecule has 0 amide bonds. The SMILES string of the molecule is CCOC(=O)C1C2c3ccccc3OC1(C)N=c1s/c(=C/c3ccc(-c4cccc(Cl)c4)o3)c(=O)n12. The smallest absolute Gasteiger partial charge is 0.317 e. The van der Waals surface area contributed by atoms with Crippen molar-refractivity contribution in [3.8, 4) is 17.1 Å². The van der Waals surface area contributed by atoms with Crippen molar-refractivity contribution in [2.45, 2.75) is 25.6 Å². The molecule has 0 N–H and O–H groups in total. The van der Waals surface area contributed by atoms with E-state index in [0.717, 1.165) is 11.1 Å². The summed E-state index contributed by atoms with van der Waals surface area (Å²) in [4.78, 5) is 32.1. The Morgan fingerprint density at radius 3 is 2.86 bits per heavy atom. The van der Waals surface area contributed by atoms with Crippen molar-refractivity contribution < 1.29 is 18.7 Å². The highest BCUT2D eigenvalue weighted by molar-refractivity contribution is 7.07. The third-order valence-corrected chi connectivity index (χ3v) is 7.65. The van der Waals surface area contributed by atoms with Crippen LogP contribution in [0.15, 0.2) is 74.9 Å². The Kier molecular flexibility index (Phi) is 5.39. The van der Waals surface area contributed by atoms with Crippen LogP contribution >= 0.6 is 22.9 Å². The van der Waals surface area contributed by atoms with Crippen molar-refractivity contribution in [2.75, 3.05) is 6.61 Å². The number of nitrogens with zero attached hydrogens (tertiary/aromatic N) is 2. The van der Waals surface area contributed by atoms with Crippen LogP contribution in [-0.2, 0) is 9.53 Å². The van der Waals surface area contributed by atoms with Gasteiger partial charge in [-0.25, -0.2) is 4.99 Å². The average molecular weight is 521 g/mol. The van der Waals surface area contributed by atoms with Gasteiger partial charge in [0.05, 0.1) is 17.2 Å². The fraction of sp³-hybridized carbons (Fsp3) is 0.222. The maximum absolute atomic E-state index is 13.7. The predicted octanol–water partition coefficient (Wildman–Crippen LogP) is 4.16. The standard InChI is InChI=1S/C27H21ClN2O5S/c1-3-33-25(32)22-23-18-9-4-5-10-20(18)35-27(22,2)29-26-30(23)24(31)21(36-26)14-17-11-12-19(34-17)15-7-6-8-16(28)13-15/h4-14,22-23H,3H2,1-2H3/b21-14+. The Balaban J connectivity index is 1.50. The molecule has 2 aromatic heterocycles. The molecule has 6 rings (SSSR count). The first kappa shape index (κ1) is 22.8. The predicted molar refractivity (Wildman–Crippen MR) is 136 cm³/mol. The summed E-state index contributed by atoms with van der Waals surface area (Å²) in [5, 5.41) is 0.610. The zero-order valence-corrected chi connectivity index (χ0v) is 21.0. The molecule has 182 valence electrons. The quantitative estimate of drug-likeness (QED) is 0.377. The number of thiazole rings is 1. The molecule has 0 fully saturated rings. The molecule has 0 saturated heterocycles. The summed E-state index contributed by atoms with van der Waals surface area (Å²) in [6.07, 6.45) is 1.69. The van der Waals surface area contributed by atoms with Gasteiger partial charge in [-0.3, -0.25) is 14.2 Å². The van der Waals surface area contributed by atoms with Gasteiger partial charge >= 0.3 is 5.97 Å². The fourth-order valence-electron chi connectivity index (χ4n) is 4.89. The lowest BCUT2D eigenvalue weighted by Gasteiger charge is -2.44. The lowest BCUT2D eigenvalue weighted by atomic mass is 9.81. The van der Waals surface area contributed by atoms with Crippen molar-refractivity contribution >= 4 is 35.0 Å². The van der Waals surface area contributed by atoms with Crippen LogP contribution in [0.4, 0.5) is 0 Å². The molecule has 2 aliphatic heterocycles.